The maximum Gasteiger partial charge on any atom is 0.320 e. The van der Waals surface area contributed by atoms with Crippen molar-refractivity contribution in [2.75, 3.05) is 32.8 Å². The van der Waals surface area contributed by atoms with Gasteiger partial charge in [-0.3, -0.25) is 48.1 Å². The molecule has 0 bridgehead atoms. The molecule has 25 heteroatoms. The van der Waals surface area contributed by atoms with Gasteiger partial charge in [0.15, 0.2) is 0 Å². The maximum atomic E-state index is 13.3. The quantitative estimate of drug-likeness (QED) is 0.0210. The van der Waals surface area contributed by atoms with Crippen LogP contribution in [0.1, 0.15) is 71.6 Å². The first-order valence-electron chi connectivity index (χ1n) is 17.0. The Morgan fingerprint density at radius 3 is 1.33 bits per heavy atom. The second-order valence-electron chi connectivity index (χ2n) is 12.6. The summed E-state index contributed by atoms with van der Waals surface area (Å²) in [4.78, 5) is 110. The number of carboxylic acid groups (broad SMARTS) is 6. The van der Waals surface area contributed by atoms with E-state index in [2.05, 4.69) is 23.4 Å². The number of aliphatic hydroxyl groups excluding tert-OH is 1. The average molecular weight is 934 g/mol. The molecule has 7 atom stereocenters. The van der Waals surface area contributed by atoms with E-state index in [1.165, 1.54) is 6.92 Å². The molecule has 0 aromatic carbocycles. The van der Waals surface area contributed by atoms with Crippen LogP contribution in [-0.2, 0) is 76.1 Å². The molecule has 22 nitrogen and oxygen atoms in total. The van der Waals surface area contributed by atoms with Crippen LogP contribution in [0.2, 0.25) is 0 Å². The van der Waals surface area contributed by atoms with Gasteiger partial charge >= 0.3 is 35.8 Å². The van der Waals surface area contributed by atoms with Crippen molar-refractivity contribution in [1.82, 2.24) is 20.3 Å². The van der Waals surface area contributed by atoms with E-state index >= 15 is 0 Å². The predicted octanol–water partition coefficient (Wildman–Crippen LogP) is -2.06. The zero-order valence-electron chi connectivity index (χ0n) is 31.3. The monoisotopic (exact) mass is 932 g/mol. The fourth-order valence-corrected chi connectivity index (χ4v) is 6.33. The molecule has 0 spiro atoms. The Kier molecular flexibility index (Phi) is 36.7. The Balaban J connectivity index is -0.00000225. The van der Waals surface area contributed by atoms with Crippen LogP contribution in [-0.4, -0.2) is 144 Å². The van der Waals surface area contributed by atoms with E-state index in [1.807, 2.05) is 4.72 Å². The first-order chi connectivity index (χ1) is 24.8. The van der Waals surface area contributed by atoms with Gasteiger partial charge in [-0.25, -0.2) is 0 Å². The number of thiol groups is 1. The number of unbranched alkanes of at least 4 members (excludes halogenated alkanes) is 1. The molecule has 3 amide bonds. The van der Waals surface area contributed by atoms with E-state index in [-0.39, 0.29) is 102 Å². The number of hydrogen-bond acceptors (Lipinski definition) is 12. The number of nitrogens with zero attached hydrogens (tertiary/aromatic N) is 1. The van der Waals surface area contributed by atoms with Gasteiger partial charge in [-0.1, -0.05) is 33.1 Å². The SMILES string of the molecule is CCCC(C(=O)NCCCCC(C(=O)O)N(CC(=O)O)CC(=O)O)C(CCC(C(=O)NCCO)C(CCC(C(=O)O)C(C)C(=O)NS)C(=O)O)C(=O)O.O.O.[Ni].[Ni]. The number of carbonyl (C=O) groups excluding carboxylic acids is 3. The van der Waals surface area contributed by atoms with Gasteiger partial charge in [0.05, 0.1) is 49.3 Å². The smallest absolute Gasteiger partial charge is 0.320 e. The van der Waals surface area contributed by atoms with E-state index in [1.54, 1.807) is 6.92 Å². The second kappa shape index (κ2) is 33.4. The van der Waals surface area contributed by atoms with Crippen molar-refractivity contribution in [3.63, 3.8) is 0 Å². The van der Waals surface area contributed by atoms with Crippen LogP contribution in [0.25, 0.3) is 0 Å². The maximum absolute atomic E-state index is 13.3. The molecule has 14 N–H and O–H groups in total. The standard InChI is InChI=1S/C32H52N4O16S.2Ni.2H2O/c1-3-6-19(27(43)33-12-5-4-7-23(32(51)52)36(15-24(38)39)16-25(40)41)21(30(47)48)11-9-20(28(44)34-13-14-37)22(31(49)50)10-8-18(29(45)46)17(2)26(42)35-53;;;;/h17-23,37,53H,3-16H2,1-2H3,(H,33,43)(H,34,44)(H,35,42)(H,38,39)(H,40,41)(H,45,46)(H,47,48)(H,49,50)(H,51,52);;;2*1H2. The van der Waals surface area contributed by atoms with Crippen molar-refractivity contribution in [3.8, 4) is 0 Å². The summed E-state index contributed by atoms with van der Waals surface area (Å²) in [5.41, 5.74) is 0. The normalized spacial score (nSPS) is 14.1. The van der Waals surface area contributed by atoms with Crippen molar-refractivity contribution in [1.29, 1.82) is 0 Å². The number of amides is 3. The summed E-state index contributed by atoms with van der Waals surface area (Å²) in [6.07, 6.45) is -0.864. The van der Waals surface area contributed by atoms with Gasteiger partial charge < -0.3 is 62.1 Å². The summed E-state index contributed by atoms with van der Waals surface area (Å²) in [6, 6.07) is -1.44. The predicted molar refractivity (Wildman–Crippen MR) is 192 cm³/mol. The number of rotatable bonds is 30. The minimum atomic E-state index is -1.54. The van der Waals surface area contributed by atoms with Gasteiger partial charge in [-0.15, -0.1) is 0 Å². The molecule has 0 aromatic heterocycles. The largest absolute Gasteiger partial charge is 0.481 e. The molecule has 0 aliphatic heterocycles. The van der Waals surface area contributed by atoms with Gasteiger partial charge in [0.1, 0.15) is 6.04 Å². The number of carboxylic acids is 6. The molecule has 0 saturated heterocycles. The van der Waals surface area contributed by atoms with Crippen molar-refractivity contribution in [3.05, 3.63) is 0 Å². The van der Waals surface area contributed by atoms with E-state index in [0.29, 0.717) is 6.42 Å². The van der Waals surface area contributed by atoms with Crippen LogP contribution < -0.4 is 15.4 Å². The molecular weight excluding hydrogens is 878 g/mol. The van der Waals surface area contributed by atoms with Crippen molar-refractivity contribution in [2.45, 2.75) is 77.7 Å². The molecule has 0 aliphatic rings. The van der Waals surface area contributed by atoms with E-state index < -0.39 is 121 Å². The third kappa shape index (κ3) is 23.4. The molecular formula is C32H56N4Ni2O18S. The number of aliphatic hydroxyl groups is 1. The summed E-state index contributed by atoms with van der Waals surface area (Å²) < 4.78 is 2.03. The molecule has 0 radical (unpaired) electrons. The second-order valence-corrected chi connectivity index (χ2v) is 12.8. The summed E-state index contributed by atoms with van der Waals surface area (Å²) >= 11 is 3.64. The van der Waals surface area contributed by atoms with E-state index in [9.17, 15) is 68.7 Å². The fraction of sp³-hybridized carbons (Fsp3) is 0.719. The average Bonchev–Trinajstić information content (AvgIpc) is 3.06. The van der Waals surface area contributed by atoms with Gasteiger partial charge in [-0.05, 0) is 51.4 Å². The number of hydrogen-bond donors (Lipinski definition) is 11. The first-order valence-corrected chi connectivity index (χ1v) is 17.5. The molecule has 0 aliphatic carbocycles. The Morgan fingerprint density at radius 1 is 0.561 bits per heavy atom. The van der Waals surface area contributed by atoms with Crippen LogP contribution in [0.15, 0.2) is 0 Å². The topological polar surface area (TPSA) is 398 Å². The molecule has 0 heterocycles. The van der Waals surface area contributed by atoms with Crippen LogP contribution in [0.4, 0.5) is 0 Å². The minimum absolute atomic E-state index is 0. The zero-order chi connectivity index (χ0) is 40.8. The van der Waals surface area contributed by atoms with Gasteiger partial charge in [0, 0.05) is 52.0 Å². The molecule has 0 aromatic rings. The Hall–Kier alpha value is -3.59. The third-order valence-corrected chi connectivity index (χ3v) is 9.14. The third-order valence-electron chi connectivity index (χ3n) is 8.92. The van der Waals surface area contributed by atoms with Crippen LogP contribution in [0.3, 0.4) is 0 Å². The summed E-state index contributed by atoms with van der Waals surface area (Å²) in [5, 5.41) is 71.8. The van der Waals surface area contributed by atoms with Crippen molar-refractivity contribution >= 4 is 66.4 Å². The molecule has 0 fully saturated rings. The number of carbonyl (C=O) groups is 9. The van der Waals surface area contributed by atoms with Crippen LogP contribution >= 0.6 is 12.8 Å². The van der Waals surface area contributed by atoms with Gasteiger partial charge in [0.2, 0.25) is 17.7 Å². The Morgan fingerprint density at radius 2 is 0.965 bits per heavy atom. The molecule has 0 rings (SSSR count). The molecule has 7 unspecified atom stereocenters. The Bertz CT molecular complexity index is 1280. The summed E-state index contributed by atoms with van der Waals surface area (Å²) in [7, 11) is 0. The zero-order valence-corrected chi connectivity index (χ0v) is 34.1. The van der Waals surface area contributed by atoms with Gasteiger partial charge in [-0.2, -0.15) is 0 Å². The first kappa shape index (κ1) is 62.6. The number of nitrogens with one attached hydrogen (secondary N) is 3. The van der Waals surface area contributed by atoms with Gasteiger partial charge in [0.25, 0.3) is 0 Å². The van der Waals surface area contributed by atoms with E-state index in [0.717, 1.165) is 4.90 Å². The van der Waals surface area contributed by atoms with E-state index in [4.69, 9.17) is 10.2 Å². The summed E-state index contributed by atoms with van der Waals surface area (Å²) in [6.45, 7) is 0.554. The van der Waals surface area contributed by atoms with Crippen LogP contribution in [0, 0.1) is 35.5 Å². The van der Waals surface area contributed by atoms with Crippen molar-refractivity contribution in [2.24, 2.45) is 35.5 Å². The Labute approximate surface area is 354 Å². The van der Waals surface area contributed by atoms with Crippen LogP contribution in [0.5, 0.6) is 0 Å². The minimum Gasteiger partial charge on any atom is -0.481 e. The summed E-state index contributed by atoms with van der Waals surface area (Å²) in [5.74, 6) is -18.8. The fourth-order valence-electron chi connectivity index (χ4n) is 6.13. The number of aliphatic carboxylic acids is 6. The molecule has 338 valence electrons. The molecule has 57 heavy (non-hydrogen) atoms. The molecule has 0 saturated carbocycles. The van der Waals surface area contributed by atoms with Crippen molar-refractivity contribution < 1.29 is 123 Å².